The van der Waals surface area contributed by atoms with E-state index in [0.29, 0.717) is 24.5 Å². The van der Waals surface area contributed by atoms with Gasteiger partial charge in [0.25, 0.3) is 5.91 Å². The maximum atomic E-state index is 12.5. The molecule has 6 heteroatoms. The van der Waals surface area contributed by atoms with Gasteiger partial charge >= 0.3 is 0 Å². The van der Waals surface area contributed by atoms with Gasteiger partial charge < -0.3 is 20.3 Å². The van der Waals surface area contributed by atoms with Crippen LogP contribution in [0.5, 0.6) is 5.75 Å². The normalized spacial score (nSPS) is 15.9. The Hall–Kier alpha value is -2.86. The third-order valence-electron chi connectivity index (χ3n) is 4.49. The molecule has 1 aliphatic rings. The van der Waals surface area contributed by atoms with E-state index in [9.17, 15) is 9.59 Å². The molecule has 0 aliphatic carbocycles. The smallest absolute Gasteiger partial charge is 0.267 e. The largest absolute Gasteiger partial charge is 0.479 e. The fourth-order valence-electron chi connectivity index (χ4n) is 3.07. The van der Waals surface area contributed by atoms with Gasteiger partial charge in [-0.05, 0) is 37.2 Å². The van der Waals surface area contributed by atoms with E-state index in [1.165, 1.54) is 0 Å². The van der Waals surface area contributed by atoms with E-state index in [0.717, 1.165) is 17.8 Å². The Morgan fingerprint density at radius 2 is 1.89 bits per heavy atom. The Balaban J connectivity index is 1.65. The number of nitrogens with one attached hydrogen (secondary N) is 2. The Morgan fingerprint density at radius 3 is 2.70 bits per heavy atom. The fraction of sp³-hybridized carbons (Fsp3) is 0.333. The first kappa shape index (κ1) is 18.9. The zero-order chi connectivity index (χ0) is 19.2. The summed E-state index contributed by atoms with van der Waals surface area (Å²) in [5.41, 5.74) is 2.54. The summed E-state index contributed by atoms with van der Waals surface area (Å²) in [6, 6.07) is 15.1. The summed E-state index contributed by atoms with van der Waals surface area (Å²) in [5, 5.41) is 6.23. The number of hydrogen-bond donors (Lipinski definition) is 2. The molecule has 0 fully saturated rings. The maximum Gasteiger partial charge on any atom is 0.267 e. The van der Waals surface area contributed by atoms with Crippen LogP contribution in [0.2, 0.25) is 0 Å². The molecule has 2 aromatic rings. The number of carbonyl (C=O) groups is 2. The first-order valence-corrected chi connectivity index (χ1v) is 9.25. The van der Waals surface area contributed by atoms with Crippen LogP contribution in [0.1, 0.15) is 25.8 Å². The minimum atomic E-state index is -0.552. The van der Waals surface area contributed by atoms with Crippen LogP contribution in [-0.4, -0.2) is 31.0 Å². The van der Waals surface area contributed by atoms with E-state index in [1.807, 2.05) is 55.5 Å². The zero-order valence-electron chi connectivity index (χ0n) is 15.7. The van der Waals surface area contributed by atoms with Crippen molar-refractivity contribution in [2.75, 3.05) is 23.3 Å². The first-order chi connectivity index (χ1) is 13.1. The lowest BCUT2D eigenvalue weighted by atomic mass is 10.1. The molecule has 2 aromatic carbocycles. The van der Waals surface area contributed by atoms with Crippen LogP contribution in [-0.2, 0) is 16.1 Å². The van der Waals surface area contributed by atoms with Crippen molar-refractivity contribution < 1.29 is 14.3 Å². The van der Waals surface area contributed by atoms with Gasteiger partial charge in [0.05, 0.1) is 5.69 Å². The van der Waals surface area contributed by atoms with Crippen molar-refractivity contribution in [3.8, 4) is 5.75 Å². The molecular formula is C21H25N3O3. The molecule has 0 spiro atoms. The Bertz CT molecular complexity index is 822. The molecule has 1 aliphatic heterocycles. The van der Waals surface area contributed by atoms with Crippen molar-refractivity contribution in [3.05, 3.63) is 54.1 Å². The monoisotopic (exact) mass is 367 g/mol. The molecule has 2 amide bonds. The fourth-order valence-corrected chi connectivity index (χ4v) is 3.07. The lowest BCUT2D eigenvalue weighted by molar-refractivity contribution is -0.125. The summed E-state index contributed by atoms with van der Waals surface area (Å²) in [4.78, 5) is 26.6. The average Bonchev–Trinajstić information content (AvgIpc) is 2.67. The van der Waals surface area contributed by atoms with Gasteiger partial charge in [0.2, 0.25) is 5.91 Å². The molecule has 0 radical (unpaired) electrons. The highest BCUT2D eigenvalue weighted by Gasteiger charge is 2.31. The number of nitrogens with zero attached hydrogens (tertiary/aromatic N) is 1. The van der Waals surface area contributed by atoms with Gasteiger partial charge in [-0.3, -0.25) is 9.59 Å². The van der Waals surface area contributed by atoms with Crippen LogP contribution in [0.25, 0.3) is 0 Å². The van der Waals surface area contributed by atoms with Crippen LogP contribution in [0.15, 0.2) is 48.5 Å². The van der Waals surface area contributed by atoms with Crippen molar-refractivity contribution in [2.45, 2.75) is 32.9 Å². The van der Waals surface area contributed by atoms with E-state index in [2.05, 4.69) is 10.6 Å². The molecule has 1 atom stereocenters. The minimum Gasteiger partial charge on any atom is -0.479 e. The van der Waals surface area contributed by atoms with E-state index in [1.54, 1.807) is 11.8 Å². The van der Waals surface area contributed by atoms with E-state index >= 15 is 0 Å². The molecule has 2 N–H and O–H groups in total. The molecule has 3 rings (SSSR count). The van der Waals surface area contributed by atoms with Gasteiger partial charge in [-0.15, -0.1) is 0 Å². The quantitative estimate of drug-likeness (QED) is 0.789. The lowest BCUT2D eigenvalue weighted by Crippen LogP contribution is -2.45. The van der Waals surface area contributed by atoms with E-state index < -0.39 is 6.10 Å². The third kappa shape index (κ3) is 4.46. The highest BCUT2D eigenvalue weighted by Crippen LogP contribution is 2.33. The van der Waals surface area contributed by atoms with Crippen molar-refractivity contribution in [1.82, 2.24) is 5.32 Å². The van der Waals surface area contributed by atoms with Crippen LogP contribution in [0.3, 0.4) is 0 Å². The van der Waals surface area contributed by atoms with Gasteiger partial charge in [-0.2, -0.15) is 0 Å². The van der Waals surface area contributed by atoms with Crippen LogP contribution in [0.4, 0.5) is 11.4 Å². The number of hydrogen-bond acceptors (Lipinski definition) is 4. The summed E-state index contributed by atoms with van der Waals surface area (Å²) < 4.78 is 5.63. The highest BCUT2D eigenvalue weighted by molar-refractivity contribution is 6.00. The summed E-state index contributed by atoms with van der Waals surface area (Å²) >= 11 is 0. The molecule has 0 saturated heterocycles. The molecule has 0 saturated carbocycles. The van der Waals surface area contributed by atoms with Gasteiger partial charge in [0.1, 0.15) is 5.75 Å². The summed E-state index contributed by atoms with van der Waals surface area (Å²) in [7, 11) is 0. The predicted molar refractivity (Wildman–Crippen MR) is 106 cm³/mol. The Morgan fingerprint density at radius 1 is 1.15 bits per heavy atom. The average molecular weight is 367 g/mol. The van der Waals surface area contributed by atoms with Gasteiger partial charge in [-0.1, -0.05) is 37.3 Å². The van der Waals surface area contributed by atoms with Crippen LogP contribution >= 0.6 is 0 Å². The number of amides is 2. The SMILES string of the molecule is CCNCc1ccccc1NC(=O)CCN1C(=O)C(C)Oc2ccccc21. The van der Waals surface area contributed by atoms with Crippen molar-refractivity contribution in [2.24, 2.45) is 0 Å². The summed E-state index contributed by atoms with van der Waals surface area (Å²) in [5.74, 6) is 0.415. The molecule has 0 aromatic heterocycles. The Labute approximate surface area is 159 Å². The van der Waals surface area contributed by atoms with Gasteiger partial charge in [-0.25, -0.2) is 0 Å². The molecule has 1 heterocycles. The van der Waals surface area contributed by atoms with Crippen LogP contribution < -0.4 is 20.3 Å². The minimum absolute atomic E-state index is 0.122. The standard InChI is InChI=1S/C21H25N3O3/c1-3-22-14-16-8-4-5-9-17(16)23-20(25)12-13-24-18-10-6-7-11-19(18)27-15(2)21(24)26/h4-11,15,22H,3,12-14H2,1-2H3,(H,23,25). The first-order valence-electron chi connectivity index (χ1n) is 9.25. The Kier molecular flexibility index (Phi) is 6.08. The number of ether oxygens (including phenoxy) is 1. The molecule has 1 unspecified atom stereocenters. The van der Waals surface area contributed by atoms with Gasteiger partial charge in [0.15, 0.2) is 6.10 Å². The number of anilines is 2. The third-order valence-corrected chi connectivity index (χ3v) is 4.49. The van der Waals surface area contributed by atoms with E-state index in [4.69, 9.17) is 4.74 Å². The number of benzene rings is 2. The van der Waals surface area contributed by atoms with Gasteiger partial charge in [0, 0.05) is 25.2 Å². The second-order valence-electron chi connectivity index (χ2n) is 6.45. The molecule has 142 valence electrons. The molecule has 0 bridgehead atoms. The second kappa shape index (κ2) is 8.68. The predicted octanol–water partition coefficient (Wildman–Crippen LogP) is 2.94. The molecule has 27 heavy (non-hydrogen) atoms. The second-order valence-corrected chi connectivity index (χ2v) is 6.45. The molecular weight excluding hydrogens is 342 g/mol. The number of fused-ring (bicyclic) bond motifs is 1. The lowest BCUT2D eigenvalue weighted by Gasteiger charge is -2.32. The summed E-state index contributed by atoms with van der Waals surface area (Å²) in [6.45, 7) is 5.63. The van der Waals surface area contributed by atoms with Crippen molar-refractivity contribution in [3.63, 3.8) is 0 Å². The molecule has 6 nitrogen and oxygen atoms in total. The van der Waals surface area contributed by atoms with Crippen molar-refractivity contribution in [1.29, 1.82) is 0 Å². The number of carbonyl (C=O) groups excluding carboxylic acids is 2. The van der Waals surface area contributed by atoms with Crippen LogP contribution in [0, 0.1) is 0 Å². The topological polar surface area (TPSA) is 70.7 Å². The van der Waals surface area contributed by atoms with E-state index in [-0.39, 0.29) is 18.2 Å². The highest BCUT2D eigenvalue weighted by atomic mass is 16.5. The number of para-hydroxylation sites is 3. The zero-order valence-corrected chi connectivity index (χ0v) is 15.7. The van der Waals surface area contributed by atoms with Crippen molar-refractivity contribution >= 4 is 23.2 Å². The number of rotatable bonds is 7. The maximum absolute atomic E-state index is 12.5. The summed E-state index contributed by atoms with van der Waals surface area (Å²) in [6.07, 6.45) is -0.341.